The summed E-state index contributed by atoms with van der Waals surface area (Å²) >= 11 is 3.40. The Hall–Kier alpha value is 0.266. The molecule has 0 atom stereocenters. The maximum absolute atomic E-state index is 5.03. The predicted octanol–water partition coefficient (Wildman–Crippen LogP) is 1.85. The van der Waals surface area contributed by atoms with Gasteiger partial charge in [0.1, 0.15) is 5.75 Å². The summed E-state index contributed by atoms with van der Waals surface area (Å²) in [5.74, 6) is 0.903. The van der Waals surface area contributed by atoms with Crippen LogP contribution in [0.1, 0.15) is 5.56 Å². The second-order valence-corrected chi connectivity index (χ2v) is 2.97. The third kappa shape index (κ3) is 3.01. The molecule has 3 heteroatoms. The fourth-order valence-electron chi connectivity index (χ4n) is 0.744. The Morgan fingerprint density at radius 3 is 2.45 bits per heavy atom. The molecule has 0 aromatic heterocycles. The molecule has 0 saturated carbocycles. The van der Waals surface area contributed by atoms with Crippen LogP contribution in [0.25, 0.3) is 0 Å². The molecule has 0 fully saturated rings. The van der Waals surface area contributed by atoms with Crippen molar-refractivity contribution in [2.24, 2.45) is 0 Å². The molecule has 1 aromatic carbocycles. The fraction of sp³-hybridized carbons (Fsp3) is 0.250. The SMILES string of the molecule is COc1ccc(Br)c(C)c1.[MgH2]. The van der Waals surface area contributed by atoms with Crippen LogP contribution in [0.5, 0.6) is 5.75 Å². The van der Waals surface area contributed by atoms with Crippen molar-refractivity contribution in [2.75, 3.05) is 7.11 Å². The van der Waals surface area contributed by atoms with Crippen molar-refractivity contribution in [3.05, 3.63) is 28.2 Å². The van der Waals surface area contributed by atoms with E-state index >= 15 is 0 Å². The van der Waals surface area contributed by atoms with E-state index in [0.29, 0.717) is 0 Å². The van der Waals surface area contributed by atoms with E-state index in [4.69, 9.17) is 4.74 Å². The first-order valence-corrected chi connectivity index (χ1v) is 3.83. The first kappa shape index (κ1) is 11.3. The molecule has 1 nitrogen and oxygen atoms in total. The summed E-state index contributed by atoms with van der Waals surface area (Å²) < 4.78 is 6.15. The van der Waals surface area contributed by atoms with Crippen LogP contribution in [0.2, 0.25) is 0 Å². The van der Waals surface area contributed by atoms with E-state index in [1.165, 1.54) is 5.56 Å². The second kappa shape index (κ2) is 5.01. The van der Waals surface area contributed by atoms with Gasteiger partial charge in [0.2, 0.25) is 0 Å². The summed E-state index contributed by atoms with van der Waals surface area (Å²) in [5.41, 5.74) is 1.19. The zero-order chi connectivity index (χ0) is 7.56. The number of ether oxygens (including phenoxy) is 1. The molecule has 0 amide bonds. The first-order valence-electron chi connectivity index (χ1n) is 3.04. The highest BCUT2D eigenvalue weighted by Gasteiger charge is 1.94. The molecule has 1 aromatic rings. The van der Waals surface area contributed by atoms with E-state index in [0.717, 1.165) is 10.2 Å². The second-order valence-electron chi connectivity index (χ2n) is 2.12. The fourth-order valence-corrected chi connectivity index (χ4v) is 0.991. The number of hydrogen-bond acceptors (Lipinski definition) is 1. The number of hydrogen-bond donors (Lipinski definition) is 0. The van der Waals surface area contributed by atoms with Crippen molar-refractivity contribution < 1.29 is 4.74 Å². The van der Waals surface area contributed by atoms with Crippen LogP contribution in [-0.4, -0.2) is 30.2 Å². The Labute approximate surface area is 91.4 Å². The molecule has 0 saturated heterocycles. The Morgan fingerprint density at radius 2 is 2.00 bits per heavy atom. The van der Waals surface area contributed by atoms with Crippen LogP contribution in [-0.2, 0) is 0 Å². The van der Waals surface area contributed by atoms with Gasteiger partial charge in [-0.05, 0) is 30.7 Å². The van der Waals surface area contributed by atoms with Crippen molar-refractivity contribution >= 4 is 39.0 Å². The van der Waals surface area contributed by atoms with Crippen LogP contribution in [0, 0.1) is 6.92 Å². The lowest BCUT2D eigenvalue weighted by Crippen LogP contribution is -1.83. The van der Waals surface area contributed by atoms with E-state index < -0.39 is 0 Å². The molecular weight excluding hydrogens is 216 g/mol. The predicted molar refractivity (Wildman–Crippen MR) is 54.0 cm³/mol. The average Bonchev–Trinajstić information content (AvgIpc) is 1.95. The molecule has 0 aliphatic rings. The minimum Gasteiger partial charge on any atom is -0.497 e. The monoisotopic (exact) mass is 226 g/mol. The summed E-state index contributed by atoms with van der Waals surface area (Å²) in [7, 11) is 1.67. The van der Waals surface area contributed by atoms with Crippen LogP contribution in [0.4, 0.5) is 0 Å². The minimum atomic E-state index is 0. The molecule has 0 bridgehead atoms. The number of rotatable bonds is 1. The van der Waals surface area contributed by atoms with Crippen molar-refractivity contribution in [1.82, 2.24) is 0 Å². The topological polar surface area (TPSA) is 9.23 Å². The standard InChI is InChI=1S/C8H9BrO.Mg.2H/c1-6-5-7(10-2)3-4-8(6)9;;;/h3-5H,1-2H3;;;. The van der Waals surface area contributed by atoms with Gasteiger partial charge in [0.25, 0.3) is 0 Å². The summed E-state index contributed by atoms with van der Waals surface area (Å²) in [6.07, 6.45) is 0. The summed E-state index contributed by atoms with van der Waals surface area (Å²) in [4.78, 5) is 0. The maximum Gasteiger partial charge on any atom is 0.316 e. The van der Waals surface area contributed by atoms with Crippen molar-refractivity contribution in [3.8, 4) is 5.75 Å². The van der Waals surface area contributed by atoms with E-state index in [1.807, 2.05) is 25.1 Å². The highest BCUT2D eigenvalue weighted by Crippen LogP contribution is 2.20. The van der Waals surface area contributed by atoms with Gasteiger partial charge in [-0.2, -0.15) is 0 Å². The van der Waals surface area contributed by atoms with Gasteiger partial charge in [0.15, 0.2) is 0 Å². The number of halogens is 1. The molecule has 0 aliphatic carbocycles. The van der Waals surface area contributed by atoms with Gasteiger partial charge < -0.3 is 4.74 Å². The van der Waals surface area contributed by atoms with Gasteiger partial charge in [0, 0.05) is 4.47 Å². The molecule has 1 rings (SSSR count). The third-order valence-corrected chi connectivity index (χ3v) is 2.25. The lowest BCUT2D eigenvalue weighted by atomic mass is 10.2. The smallest absolute Gasteiger partial charge is 0.316 e. The molecule has 0 unspecified atom stereocenters. The van der Waals surface area contributed by atoms with Gasteiger partial charge in [-0.25, -0.2) is 0 Å². The molecular formula is C8H11BrMgO. The Morgan fingerprint density at radius 1 is 1.36 bits per heavy atom. The molecule has 0 radical (unpaired) electrons. The quantitative estimate of drug-likeness (QED) is 0.665. The molecule has 0 spiro atoms. The Balaban J connectivity index is 0.000001000. The van der Waals surface area contributed by atoms with Gasteiger partial charge in [-0.15, -0.1) is 0 Å². The van der Waals surface area contributed by atoms with E-state index in [-0.39, 0.29) is 23.1 Å². The number of aryl methyl sites for hydroxylation is 1. The van der Waals surface area contributed by atoms with Crippen molar-refractivity contribution in [3.63, 3.8) is 0 Å². The maximum atomic E-state index is 5.03. The van der Waals surface area contributed by atoms with E-state index in [1.54, 1.807) is 7.11 Å². The van der Waals surface area contributed by atoms with E-state index in [9.17, 15) is 0 Å². The van der Waals surface area contributed by atoms with Gasteiger partial charge in [-0.3, -0.25) is 0 Å². The van der Waals surface area contributed by atoms with Gasteiger partial charge in [-0.1, -0.05) is 15.9 Å². The lowest BCUT2D eigenvalue weighted by molar-refractivity contribution is 0.414. The molecule has 11 heavy (non-hydrogen) atoms. The molecule has 0 aliphatic heterocycles. The molecule has 58 valence electrons. The summed E-state index contributed by atoms with van der Waals surface area (Å²) in [6.45, 7) is 2.03. The van der Waals surface area contributed by atoms with Crippen LogP contribution in [0.15, 0.2) is 22.7 Å². The third-order valence-electron chi connectivity index (χ3n) is 1.37. The Bertz CT molecular complexity index is 238. The zero-order valence-electron chi connectivity index (χ0n) is 6.02. The lowest BCUT2D eigenvalue weighted by Gasteiger charge is -2.01. The highest BCUT2D eigenvalue weighted by atomic mass is 79.9. The minimum absolute atomic E-state index is 0. The summed E-state index contributed by atoms with van der Waals surface area (Å²) in [5, 5.41) is 0. The Kier molecular flexibility index (Phi) is 5.13. The van der Waals surface area contributed by atoms with Crippen molar-refractivity contribution in [2.45, 2.75) is 6.92 Å². The van der Waals surface area contributed by atoms with Crippen LogP contribution < -0.4 is 4.74 Å². The van der Waals surface area contributed by atoms with Gasteiger partial charge in [0.05, 0.1) is 7.11 Å². The molecule has 0 N–H and O–H groups in total. The van der Waals surface area contributed by atoms with Crippen LogP contribution in [0.3, 0.4) is 0 Å². The highest BCUT2D eigenvalue weighted by molar-refractivity contribution is 9.10. The van der Waals surface area contributed by atoms with E-state index in [2.05, 4.69) is 15.9 Å². The zero-order valence-corrected chi connectivity index (χ0v) is 7.60. The van der Waals surface area contributed by atoms with Crippen molar-refractivity contribution in [1.29, 1.82) is 0 Å². The summed E-state index contributed by atoms with van der Waals surface area (Å²) in [6, 6.07) is 5.90. The molecule has 0 heterocycles. The first-order chi connectivity index (χ1) is 4.74. The normalized spacial score (nSPS) is 8.64. The number of methoxy groups -OCH3 is 1. The largest absolute Gasteiger partial charge is 0.497 e. The average molecular weight is 227 g/mol. The van der Waals surface area contributed by atoms with Crippen LogP contribution >= 0.6 is 15.9 Å². The number of benzene rings is 1. The van der Waals surface area contributed by atoms with Gasteiger partial charge >= 0.3 is 23.1 Å².